The molecule has 0 unspecified atom stereocenters. The normalized spacial score (nSPS) is 11.0. The molecule has 10 heteroatoms. The van der Waals surface area contributed by atoms with Gasteiger partial charge in [-0.2, -0.15) is 4.98 Å². The zero-order valence-electron chi connectivity index (χ0n) is 12.6. The molecular weight excluding hydrogens is 443 g/mol. The van der Waals surface area contributed by atoms with E-state index in [0.717, 1.165) is 0 Å². The van der Waals surface area contributed by atoms with Gasteiger partial charge in [-0.3, -0.25) is 4.79 Å². The first kappa shape index (κ1) is 19.3. The molecule has 5 nitrogen and oxygen atoms in total. The molecule has 0 aliphatic rings. The lowest BCUT2D eigenvalue weighted by molar-refractivity contribution is -0.114. The highest BCUT2D eigenvalue weighted by molar-refractivity contribution is 6.54. The Balaban J connectivity index is 1.87. The number of hydrogen-bond acceptors (Lipinski definition) is 4. The number of aromatic nitrogens is 2. The number of nitrogens with zero attached hydrogens (tertiary/aromatic N) is 2. The van der Waals surface area contributed by atoms with Crippen LogP contribution < -0.4 is 5.32 Å². The van der Waals surface area contributed by atoms with Crippen molar-refractivity contribution in [2.45, 2.75) is 4.84 Å². The summed E-state index contributed by atoms with van der Waals surface area (Å²) in [6.07, 6.45) is 0. The Labute approximate surface area is 173 Å². The largest absolute Gasteiger partial charge is 0.334 e. The van der Waals surface area contributed by atoms with Crippen molar-refractivity contribution in [3.8, 4) is 22.8 Å². The molecular formula is C16H8Cl5N3O2. The van der Waals surface area contributed by atoms with Gasteiger partial charge < -0.3 is 9.84 Å². The van der Waals surface area contributed by atoms with Gasteiger partial charge in [0.05, 0.1) is 20.6 Å². The van der Waals surface area contributed by atoms with Gasteiger partial charge in [0.25, 0.3) is 11.8 Å². The van der Waals surface area contributed by atoms with E-state index in [-0.39, 0.29) is 10.9 Å². The third-order valence-corrected chi connectivity index (χ3v) is 4.81. The van der Waals surface area contributed by atoms with Gasteiger partial charge in [0.2, 0.25) is 5.82 Å². The Kier molecular flexibility index (Phi) is 5.95. The monoisotopic (exact) mass is 449 g/mol. The molecule has 0 radical (unpaired) electrons. The summed E-state index contributed by atoms with van der Waals surface area (Å²) >= 11 is 29.3. The van der Waals surface area contributed by atoms with E-state index in [0.29, 0.717) is 32.7 Å². The van der Waals surface area contributed by atoms with Crippen LogP contribution >= 0.6 is 58.0 Å². The number of alkyl halides is 2. The van der Waals surface area contributed by atoms with Gasteiger partial charge in [-0.05, 0) is 36.4 Å². The van der Waals surface area contributed by atoms with Gasteiger partial charge in [0.1, 0.15) is 0 Å². The predicted octanol–water partition coefficient (Wildman–Crippen LogP) is 6.11. The Morgan fingerprint density at radius 1 is 1.00 bits per heavy atom. The van der Waals surface area contributed by atoms with Crippen molar-refractivity contribution in [1.29, 1.82) is 0 Å². The van der Waals surface area contributed by atoms with Gasteiger partial charge in [-0.1, -0.05) is 63.2 Å². The highest BCUT2D eigenvalue weighted by Crippen LogP contribution is 2.38. The summed E-state index contributed by atoms with van der Waals surface area (Å²) in [5, 5.41) is 7.36. The highest BCUT2D eigenvalue weighted by atomic mass is 35.5. The van der Waals surface area contributed by atoms with E-state index in [1.807, 2.05) is 0 Å². The first-order valence-electron chi connectivity index (χ1n) is 7.04. The number of carbonyl (C=O) groups excluding carboxylic acids is 1. The average Bonchev–Trinajstić information content (AvgIpc) is 3.09. The summed E-state index contributed by atoms with van der Waals surface area (Å²) in [4.78, 5) is 14.6. The highest BCUT2D eigenvalue weighted by Gasteiger charge is 2.19. The van der Waals surface area contributed by atoms with Crippen LogP contribution in [0.1, 0.15) is 0 Å². The number of anilines is 1. The molecule has 0 aliphatic carbocycles. The van der Waals surface area contributed by atoms with Crippen LogP contribution in [-0.4, -0.2) is 20.9 Å². The summed E-state index contributed by atoms with van der Waals surface area (Å²) in [6.45, 7) is 0. The van der Waals surface area contributed by atoms with Crippen LogP contribution in [0.3, 0.4) is 0 Å². The van der Waals surface area contributed by atoms with Crippen LogP contribution in [0, 0.1) is 0 Å². The zero-order chi connectivity index (χ0) is 18.8. The van der Waals surface area contributed by atoms with E-state index in [1.54, 1.807) is 36.4 Å². The fourth-order valence-electron chi connectivity index (χ4n) is 2.06. The van der Waals surface area contributed by atoms with Gasteiger partial charge in [-0.15, -0.1) is 0 Å². The number of rotatable bonds is 4. The first-order valence-corrected chi connectivity index (χ1v) is 9.04. The van der Waals surface area contributed by atoms with Crippen LogP contribution in [0.4, 0.5) is 5.69 Å². The Morgan fingerprint density at radius 3 is 2.31 bits per heavy atom. The molecule has 2 aromatic carbocycles. The molecule has 26 heavy (non-hydrogen) atoms. The van der Waals surface area contributed by atoms with Crippen LogP contribution in [0.25, 0.3) is 22.8 Å². The lowest BCUT2D eigenvalue weighted by atomic mass is 10.2. The summed E-state index contributed by atoms with van der Waals surface area (Å²) in [6, 6.07) is 9.86. The molecule has 0 saturated carbocycles. The average molecular weight is 452 g/mol. The third-order valence-electron chi connectivity index (χ3n) is 3.29. The first-order chi connectivity index (χ1) is 12.4. The van der Waals surface area contributed by atoms with Crippen LogP contribution in [-0.2, 0) is 4.79 Å². The molecule has 0 saturated heterocycles. The minimum atomic E-state index is -1.15. The van der Waals surface area contributed by atoms with E-state index in [1.165, 1.54) is 0 Å². The van der Waals surface area contributed by atoms with E-state index < -0.39 is 10.7 Å². The molecule has 3 aromatic rings. The Bertz CT molecular complexity index is 957. The molecule has 3 rings (SSSR count). The van der Waals surface area contributed by atoms with Gasteiger partial charge in [-0.25, -0.2) is 0 Å². The lowest BCUT2D eigenvalue weighted by Gasteiger charge is -2.05. The summed E-state index contributed by atoms with van der Waals surface area (Å²) in [7, 11) is 0. The maximum Gasteiger partial charge on any atom is 0.261 e. The summed E-state index contributed by atoms with van der Waals surface area (Å²) < 4.78 is 5.25. The molecule has 134 valence electrons. The van der Waals surface area contributed by atoms with E-state index in [2.05, 4.69) is 15.5 Å². The van der Waals surface area contributed by atoms with Crippen molar-refractivity contribution in [2.24, 2.45) is 0 Å². The predicted molar refractivity (Wildman–Crippen MR) is 104 cm³/mol. The SMILES string of the molecule is O=C(Nc1ccc(-c2noc(-c3c(Cl)ccc(Cl)c3Cl)n2)cc1)C(Cl)Cl. The van der Waals surface area contributed by atoms with Crippen molar-refractivity contribution in [3.05, 3.63) is 51.5 Å². The quantitative estimate of drug-likeness (QED) is 0.384. The number of benzene rings is 2. The standard InChI is InChI=1S/C16H8Cl5N3O2/c17-9-5-6-10(18)12(19)11(9)16-23-14(24-26-16)7-1-3-8(4-2-7)22-15(25)13(20)21/h1-6,13H,(H,22,25). The molecule has 1 aromatic heterocycles. The minimum absolute atomic E-state index is 0.141. The van der Waals surface area contributed by atoms with E-state index in [9.17, 15) is 4.79 Å². The Hall–Kier alpha value is -1.50. The maximum atomic E-state index is 11.5. The van der Waals surface area contributed by atoms with Crippen molar-refractivity contribution in [3.63, 3.8) is 0 Å². The van der Waals surface area contributed by atoms with E-state index in [4.69, 9.17) is 62.5 Å². The van der Waals surface area contributed by atoms with E-state index >= 15 is 0 Å². The third kappa shape index (κ3) is 4.08. The molecule has 0 fully saturated rings. The molecule has 0 aliphatic heterocycles. The number of halogens is 5. The number of amides is 1. The molecule has 1 amide bonds. The van der Waals surface area contributed by atoms with Gasteiger partial charge >= 0.3 is 0 Å². The summed E-state index contributed by atoms with van der Waals surface area (Å²) in [5.74, 6) is -0.0623. The smallest absolute Gasteiger partial charge is 0.261 e. The van der Waals surface area contributed by atoms with Crippen LogP contribution in [0.2, 0.25) is 15.1 Å². The van der Waals surface area contributed by atoms with Crippen molar-refractivity contribution in [1.82, 2.24) is 10.1 Å². The molecule has 0 bridgehead atoms. The number of carbonyl (C=O) groups is 1. The second-order valence-electron chi connectivity index (χ2n) is 5.01. The second kappa shape index (κ2) is 8.03. The lowest BCUT2D eigenvalue weighted by Crippen LogP contribution is -2.18. The number of hydrogen-bond donors (Lipinski definition) is 1. The van der Waals surface area contributed by atoms with Crippen molar-refractivity contribution in [2.75, 3.05) is 5.32 Å². The minimum Gasteiger partial charge on any atom is -0.334 e. The van der Waals surface area contributed by atoms with Crippen molar-refractivity contribution >= 4 is 69.6 Å². The molecule has 0 spiro atoms. The fourth-order valence-corrected chi connectivity index (χ4v) is 2.86. The zero-order valence-corrected chi connectivity index (χ0v) is 16.4. The van der Waals surface area contributed by atoms with Crippen LogP contribution in [0.5, 0.6) is 0 Å². The second-order valence-corrected chi connectivity index (χ2v) is 7.30. The maximum absolute atomic E-state index is 11.5. The van der Waals surface area contributed by atoms with Gasteiger partial charge in [0, 0.05) is 11.3 Å². The van der Waals surface area contributed by atoms with Gasteiger partial charge in [0.15, 0.2) is 4.84 Å². The Morgan fingerprint density at radius 2 is 1.65 bits per heavy atom. The number of nitrogens with one attached hydrogen (secondary N) is 1. The summed E-state index contributed by atoms with van der Waals surface area (Å²) in [5.41, 5.74) is 1.54. The van der Waals surface area contributed by atoms with Crippen molar-refractivity contribution < 1.29 is 9.32 Å². The topological polar surface area (TPSA) is 68.0 Å². The molecule has 1 heterocycles. The fraction of sp³-hybridized carbons (Fsp3) is 0.0625. The molecule has 0 atom stereocenters. The molecule has 1 N–H and O–H groups in total. The van der Waals surface area contributed by atoms with Crippen LogP contribution in [0.15, 0.2) is 40.9 Å².